The highest BCUT2D eigenvalue weighted by Crippen LogP contribution is 2.62. The van der Waals surface area contributed by atoms with Gasteiger partial charge in [0.1, 0.15) is 0 Å². The van der Waals surface area contributed by atoms with Crippen molar-refractivity contribution in [1.29, 1.82) is 0 Å². The van der Waals surface area contributed by atoms with E-state index in [1.165, 1.54) is 141 Å². The Balaban J connectivity index is 0.000000116. The second-order valence-corrected chi connectivity index (χ2v) is 20.0. The summed E-state index contributed by atoms with van der Waals surface area (Å²) >= 11 is 0. The smallest absolute Gasteiger partial charge is 0.0648 e. The van der Waals surface area contributed by atoms with Crippen LogP contribution in [0.3, 0.4) is 0 Å². The van der Waals surface area contributed by atoms with Gasteiger partial charge in [-0.3, -0.25) is 0 Å². The van der Waals surface area contributed by atoms with Gasteiger partial charge in [-0.2, -0.15) is 0 Å². The molecule has 0 N–H and O–H groups in total. The fourth-order valence-electron chi connectivity index (χ4n) is 11.8. The first kappa shape index (κ1) is 45.6. The van der Waals surface area contributed by atoms with Gasteiger partial charge >= 0.3 is 0 Å². The zero-order valence-corrected chi connectivity index (χ0v) is 41.8. The maximum Gasteiger partial charge on any atom is 0.0725 e. The first-order chi connectivity index (χ1) is 34.8. The van der Waals surface area contributed by atoms with E-state index in [1.807, 2.05) is 0 Å². The Morgan fingerprint density at radius 1 is 0.423 bits per heavy atom. The minimum absolute atomic E-state index is 0.189. The molecule has 3 aliphatic carbocycles. The Labute approximate surface area is 422 Å². The first-order valence-electron chi connectivity index (χ1n) is 25.7. The van der Waals surface area contributed by atoms with Crippen molar-refractivity contribution in [2.24, 2.45) is 0 Å². The topological polar surface area (TPSA) is 0 Å². The van der Waals surface area contributed by atoms with Crippen LogP contribution in [-0.2, 0) is 18.3 Å². The molecule has 0 radical (unpaired) electrons. The van der Waals surface area contributed by atoms with E-state index in [0.717, 1.165) is 6.42 Å². The molecule has 13 rings (SSSR count). The Bertz CT molecular complexity index is 3510. The molecule has 0 heteroatoms. The highest BCUT2D eigenvalue weighted by molar-refractivity contribution is 5.95. The molecule has 0 fully saturated rings. The van der Waals surface area contributed by atoms with Gasteiger partial charge < -0.3 is 0 Å². The molecule has 0 bridgehead atoms. The third-order valence-electron chi connectivity index (χ3n) is 15.6. The second kappa shape index (κ2) is 19.5. The molecule has 10 aromatic rings. The average molecular weight is 915 g/mol. The van der Waals surface area contributed by atoms with Gasteiger partial charge in [-0.25, -0.2) is 0 Å². The second-order valence-electron chi connectivity index (χ2n) is 20.0. The van der Waals surface area contributed by atoms with Crippen LogP contribution in [0.5, 0.6) is 0 Å². The highest BCUT2D eigenvalue weighted by Gasteiger charge is 2.51. The van der Waals surface area contributed by atoms with E-state index in [-0.39, 0.29) is 5.41 Å². The summed E-state index contributed by atoms with van der Waals surface area (Å²) < 4.78 is 0. The van der Waals surface area contributed by atoms with Gasteiger partial charge in [0, 0.05) is 0 Å². The molecule has 0 heterocycles. The van der Waals surface area contributed by atoms with Crippen LogP contribution in [0.25, 0.3) is 49.7 Å². The molecule has 0 saturated heterocycles. The summed E-state index contributed by atoms with van der Waals surface area (Å²) in [6.07, 6.45) is 4.51. The molecule has 1 atom stereocenters. The quantitative estimate of drug-likeness (QED) is 0.156. The molecule has 0 nitrogen and oxygen atoms in total. The van der Waals surface area contributed by atoms with Crippen molar-refractivity contribution in [3.63, 3.8) is 0 Å². The van der Waals surface area contributed by atoms with Crippen LogP contribution in [-0.4, -0.2) is 0 Å². The highest BCUT2D eigenvalue weighted by atomic mass is 14.5. The van der Waals surface area contributed by atoms with Crippen LogP contribution >= 0.6 is 0 Å². The number of allylic oxidation sites excluding steroid dienone is 1. The Hall–Kier alpha value is -7.80. The summed E-state index contributed by atoms with van der Waals surface area (Å²) in [4.78, 5) is 0. The molecule has 0 aliphatic heterocycles. The summed E-state index contributed by atoms with van der Waals surface area (Å²) in [7, 11) is 0. The molecular weight excluding hydrogens is 853 g/mol. The first-order valence-corrected chi connectivity index (χ1v) is 25.7. The lowest BCUT2D eigenvalue weighted by Crippen LogP contribution is -2.25. The van der Waals surface area contributed by atoms with Crippen molar-refractivity contribution in [3.05, 3.63) is 303 Å². The number of benzene rings is 10. The minimum Gasteiger partial charge on any atom is -0.0648 e. The van der Waals surface area contributed by atoms with Crippen molar-refractivity contribution < 1.29 is 0 Å². The normalized spacial score (nSPS) is 13.7. The lowest BCUT2D eigenvalue weighted by atomic mass is 9.70. The molecule has 1 spiro atoms. The van der Waals surface area contributed by atoms with E-state index in [1.54, 1.807) is 0 Å². The molecule has 0 aromatic heterocycles. The number of rotatable bonds is 6. The molecular formula is C71H62. The lowest BCUT2D eigenvalue weighted by molar-refractivity contribution is 0.731. The van der Waals surface area contributed by atoms with Crippen molar-refractivity contribution in [2.75, 3.05) is 0 Å². The third kappa shape index (κ3) is 8.36. The summed E-state index contributed by atoms with van der Waals surface area (Å²) in [5.41, 5.74) is 27.7. The summed E-state index contributed by atoms with van der Waals surface area (Å²) in [6, 6.07) is 84.5. The minimum atomic E-state index is -0.189. The predicted molar refractivity (Wildman–Crippen MR) is 302 cm³/mol. The largest absolute Gasteiger partial charge is 0.0725 e. The van der Waals surface area contributed by atoms with Gasteiger partial charge in [0.05, 0.1) is 5.41 Å². The molecule has 3 aliphatic rings. The third-order valence-corrected chi connectivity index (χ3v) is 15.6. The Kier molecular flexibility index (Phi) is 12.6. The zero-order valence-electron chi connectivity index (χ0n) is 41.8. The van der Waals surface area contributed by atoms with Crippen molar-refractivity contribution in [1.82, 2.24) is 0 Å². The van der Waals surface area contributed by atoms with Gasteiger partial charge in [-0.1, -0.05) is 261 Å². The van der Waals surface area contributed by atoms with Gasteiger partial charge in [0.2, 0.25) is 0 Å². The summed E-state index contributed by atoms with van der Waals surface area (Å²) in [6.45, 7) is 11.2. The van der Waals surface area contributed by atoms with Crippen LogP contribution in [0, 0.1) is 13.8 Å². The van der Waals surface area contributed by atoms with E-state index >= 15 is 0 Å². The van der Waals surface area contributed by atoms with Crippen molar-refractivity contribution in [3.8, 4) is 33.4 Å². The van der Waals surface area contributed by atoms with E-state index in [0.29, 0.717) is 5.92 Å². The van der Waals surface area contributed by atoms with Crippen LogP contribution in [0.15, 0.2) is 236 Å². The summed E-state index contributed by atoms with van der Waals surface area (Å²) in [5.74, 6) is 0.607. The average Bonchev–Trinajstić information content (AvgIpc) is 3.89. The van der Waals surface area contributed by atoms with Crippen molar-refractivity contribution >= 4 is 16.3 Å². The zero-order chi connectivity index (χ0) is 48.5. The number of hydrogen-bond acceptors (Lipinski definition) is 0. The van der Waals surface area contributed by atoms with Gasteiger partial charge in [-0.05, 0) is 158 Å². The maximum absolute atomic E-state index is 2.40. The molecule has 1 unspecified atom stereocenters. The SMILES string of the molecule is CCC(C)c1ccccc1C1=C(C)CCc2ccccc21.Cc1ccc(-c2ccc(Cc3cccc4ccccc34)cc2)cc1.Cc1ccc2c(c1)C1(c3ccccc3-c3ccccc31)c1ccccc1-2. The molecule has 346 valence electrons. The molecule has 10 aromatic carbocycles. The Morgan fingerprint density at radius 3 is 1.58 bits per heavy atom. The van der Waals surface area contributed by atoms with E-state index < -0.39 is 0 Å². The van der Waals surface area contributed by atoms with E-state index in [2.05, 4.69) is 265 Å². The number of fused-ring (bicyclic) bond motifs is 12. The van der Waals surface area contributed by atoms with Crippen LogP contribution in [0.4, 0.5) is 0 Å². The number of aryl methyl sites for hydroxylation is 3. The van der Waals surface area contributed by atoms with E-state index in [4.69, 9.17) is 0 Å². The molecule has 0 amide bonds. The van der Waals surface area contributed by atoms with Crippen LogP contribution in [0.1, 0.15) is 106 Å². The monoisotopic (exact) mass is 914 g/mol. The predicted octanol–water partition coefficient (Wildman–Crippen LogP) is 18.7. The van der Waals surface area contributed by atoms with Gasteiger partial charge in [0.15, 0.2) is 0 Å². The van der Waals surface area contributed by atoms with Gasteiger partial charge in [-0.15, -0.1) is 0 Å². The summed E-state index contributed by atoms with van der Waals surface area (Å²) in [5, 5.41) is 2.66. The number of hydrogen-bond donors (Lipinski definition) is 0. The fourth-order valence-corrected chi connectivity index (χ4v) is 11.8. The molecule has 0 saturated carbocycles. The van der Waals surface area contributed by atoms with Gasteiger partial charge in [0.25, 0.3) is 0 Å². The fraction of sp³-hybridized carbons (Fsp3) is 0.155. The van der Waals surface area contributed by atoms with Crippen LogP contribution < -0.4 is 0 Å². The van der Waals surface area contributed by atoms with Crippen molar-refractivity contribution in [2.45, 2.75) is 71.6 Å². The Morgan fingerprint density at radius 2 is 0.930 bits per heavy atom. The standard InChI is InChI=1S/C26H18.C24H20.C21H24/c1-17-14-15-21-20-10-4-7-13-24(20)26(25(21)16-17)22-11-5-2-8-18(22)19-9-3-6-12-23(19)26;1-18-9-13-20(14-10-18)21-15-11-19(12-16-21)17-23-7-4-6-22-5-2-3-8-24(22)23;1-4-15(2)18-10-7-8-12-20(18)21-16(3)13-14-17-9-5-6-11-19(17)21/h2-16H,1H3;2-16H,17H2,1H3;5-12,15H,4,13-14H2,1-3H3. The van der Waals surface area contributed by atoms with E-state index in [9.17, 15) is 0 Å². The van der Waals surface area contributed by atoms with Crippen LogP contribution in [0.2, 0.25) is 0 Å². The maximum atomic E-state index is 2.40. The lowest BCUT2D eigenvalue weighted by Gasteiger charge is -2.30. The molecule has 71 heavy (non-hydrogen) atoms.